The van der Waals surface area contributed by atoms with Crippen LogP contribution in [0.1, 0.15) is 0 Å². The van der Waals surface area contributed by atoms with Crippen LogP contribution in [-0.4, -0.2) is 273 Å². The van der Waals surface area contributed by atoms with Crippen LogP contribution < -0.4 is 0 Å². The highest BCUT2D eigenvalue weighted by molar-refractivity contribution is 4.97. The van der Waals surface area contributed by atoms with Gasteiger partial charge in [-0.2, -0.15) is 0 Å². The Balaban J connectivity index is 1.21. The van der Waals surface area contributed by atoms with Crippen LogP contribution in [0.15, 0.2) is 0 Å². The molecular weight excluding hydrogens is 776 g/mol. The first-order chi connectivity index (χ1) is 26.4. The Kier molecular flexibility index (Phi) is 16.1. The first-order valence-corrected chi connectivity index (χ1v) is 17.6. The van der Waals surface area contributed by atoms with Crippen molar-refractivity contribution < 1.29 is 129 Å². The van der Waals surface area contributed by atoms with Crippen LogP contribution in [0, 0.1) is 0 Å². The Bertz CT molecular complexity index is 1200. The zero-order chi connectivity index (χ0) is 41.3. The van der Waals surface area contributed by atoms with E-state index in [4.69, 9.17) is 42.6 Å². The third-order valence-electron chi connectivity index (χ3n) is 10.3. The Hall–Kier alpha value is -1.04. The van der Waals surface area contributed by atoms with Crippen LogP contribution >= 0.6 is 0 Å². The number of ether oxygens (including phenoxy) is 9. The number of rotatable bonds is 13. The lowest BCUT2D eigenvalue weighted by atomic mass is 9.96. The van der Waals surface area contributed by atoms with E-state index in [-0.39, 0.29) is 0 Å². The normalized spacial score (nSPS) is 53.2. The van der Waals surface area contributed by atoms with Gasteiger partial charge in [0.25, 0.3) is 0 Å². The fourth-order valence-electron chi connectivity index (χ4n) is 6.78. The molecule has 0 radical (unpaired) electrons. The Morgan fingerprint density at radius 3 is 1.11 bits per heavy atom. The van der Waals surface area contributed by atoms with Crippen LogP contribution in [0.2, 0.25) is 0 Å². The number of aliphatic hydroxyl groups excluding tert-OH is 17. The van der Waals surface area contributed by atoms with E-state index in [0.717, 1.165) is 0 Å². The van der Waals surface area contributed by atoms with Crippen molar-refractivity contribution >= 4 is 0 Å². The lowest BCUT2D eigenvalue weighted by Gasteiger charge is -2.48. The summed E-state index contributed by atoms with van der Waals surface area (Å²) in [4.78, 5) is 0. The summed E-state index contributed by atoms with van der Waals surface area (Å²) in [6.07, 6.45) is -45.4. The summed E-state index contributed by atoms with van der Waals surface area (Å²) in [5.74, 6) is 0. The molecule has 0 unspecified atom stereocenters. The molecule has 0 amide bonds. The third kappa shape index (κ3) is 9.46. The zero-order valence-corrected chi connectivity index (χ0v) is 29.2. The molecule has 328 valence electrons. The van der Waals surface area contributed by atoms with Crippen molar-refractivity contribution in [2.24, 2.45) is 0 Å². The lowest BCUT2D eigenvalue weighted by Crippen LogP contribution is -2.67. The molecule has 0 aliphatic carbocycles. The van der Waals surface area contributed by atoms with E-state index in [1.54, 1.807) is 0 Å². The molecule has 5 fully saturated rings. The van der Waals surface area contributed by atoms with Crippen LogP contribution in [0.4, 0.5) is 0 Å². The quantitative estimate of drug-likeness (QED) is 0.0819. The molecule has 5 aliphatic rings. The number of hydrogen-bond donors (Lipinski definition) is 17. The predicted molar refractivity (Wildman–Crippen MR) is 167 cm³/mol. The monoisotopic (exact) mass is 828 g/mol. The highest BCUT2D eigenvalue weighted by Gasteiger charge is 2.54. The van der Waals surface area contributed by atoms with Gasteiger partial charge in [-0.1, -0.05) is 0 Å². The largest absolute Gasteiger partial charge is 0.394 e. The molecule has 56 heavy (non-hydrogen) atoms. The highest BCUT2D eigenvalue weighted by Crippen LogP contribution is 2.33. The topological polar surface area (TPSA) is 427 Å². The molecule has 0 aromatic carbocycles. The third-order valence-corrected chi connectivity index (χ3v) is 10.3. The van der Waals surface area contributed by atoms with Crippen molar-refractivity contribution in [3.05, 3.63) is 0 Å². The molecule has 17 N–H and O–H groups in total. The van der Waals surface area contributed by atoms with E-state index >= 15 is 0 Å². The fraction of sp³-hybridized carbons (Fsp3) is 1.00. The fourth-order valence-corrected chi connectivity index (χ4v) is 6.78. The second kappa shape index (κ2) is 19.6. The van der Waals surface area contributed by atoms with E-state index in [1.165, 1.54) is 0 Å². The van der Waals surface area contributed by atoms with Gasteiger partial charge in [0.2, 0.25) is 0 Å². The SMILES string of the molecule is OC[C@H]1O[C@H](OC[C@H]2O[C@H](OC[C@H]3O[C@H](O)[C@@H](O[C@H]4O[C@H](CO)[C@@H](O)[C@H](O)[C@@H]4O[C@H]4O[C@H](CO)[C@@H](O)[C@H](O)[C@@H]4O)[C@@H](O)[C@@H]3O)[C@@H](O)[C@@H](O)[C@@H]2O)[C@@H](O)[C@@H](O)[C@@H]1O. The zero-order valence-electron chi connectivity index (χ0n) is 29.2. The van der Waals surface area contributed by atoms with E-state index in [2.05, 4.69) is 0 Å². The van der Waals surface area contributed by atoms with Crippen molar-refractivity contribution in [1.82, 2.24) is 0 Å². The molecule has 25 atom stereocenters. The number of hydrogen-bond acceptors (Lipinski definition) is 26. The Morgan fingerprint density at radius 1 is 0.304 bits per heavy atom. The molecule has 0 spiro atoms. The van der Waals surface area contributed by atoms with Crippen molar-refractivity contribution in [1.29, 1.82) is 0 Å². The molecule has 26 heteroatoms. The maximum atomic E-state index is 11.0. The minimum absolute atomic E-state index is 0.681. The Morgan fingerprint density at radius 2 is 0.625 bits per heavy atom. The van der Waals surface area contributed by atoms with E-state index in [9.17, 15) is 86.8 Å². The van der Waals surface area contributed by atoms with Crippen molar-refractivity contribution in [2.75, 3.05) is 33.0 Å². The Labute approximate surface area is 316 Å². The highest BCUT2D eigenvalue weighted by atomic mass is 16.8. The van der Waals surface area contributed by atoms with Gasteiger partial charge in [-0.05, 0) is 0 Å². The van der Waals surface area contributed by atoms with Gasteiger partial charge in [-0.3, -0.25) is 0 Å². The molecule has 26 nitrogen and oxygen atoms in total. The summed E-state index contributed by atoms with van der Waals surface area (Å²) in [5.41, 5.74) is 0. The van der Waals surface area contributed by atoms with Crippen molar-refractivity contribution in [2.45, 2.75) is 154 Å². The second-order valence-electron chi connectivity index (χ2n) is 14.0. The first kappa shape index (κ1) is 46.0. The van der Waals surface area contributed by atoms with Gasteiger partial charge >= 0.3 is 0 Å². The minimum Gasteiger partial charge on any atom is -0.394 e. The first-order valence-electron chi connectivity index (χ1n) is 17.6. The molecule has 0 saturated carbocycles. The summed E-state index contributed by atoms with van der Waals surface area (Å²) in [5, 5.41) is 175. The lowest BCUT2D eigenvalue weighted by molar-refractivity contribution is -0.392. The van der Waals surface area contributed by atoms with E-state index < -0.39 is 187 Å². The summed E-state index contributed by atoms with van der Waals surface area (Å²) < 4.78 is 48.8. The average molecular weight is 829 g/mol. The van der Waals surface area contributed by atoms with E-state index in [0.29, 0.717) is 0 Å². The molecule has 5 aliphatic heterocycles. The smallest absolute Gasteiger partial charge is 0.187 e. The maximum absolute atomic E-state index is 11.0. The molecule has 0 aromatic heterocycles. The van der Waals surface area contributed by atoms with Crippen LogP contribution in [-0.2, 0) is 42.6 Å². The molecule has 0 bridgehead atoms. The van der Waals surface area contributed by atoms with Gasteiger partial charge in [-0.15, -0.1) is 0 Å². The summed E-state index contributed by atoms with van der Waals surface area (Å²) >= 11 is 0. The van der Waals surface area contributed by atoms with Crippen LogP contribution in [0.25, 0.3) is 0 Å². The van der Waals surface area contributed by atoms with Gasteiger partial charge in [-0.25, -0.2) is 0 Å². The maximum Gasteiger partial charge on any atom is 0.187 e. The minimum atomic E-state index is -2.15. The summed E-state index contributed by atoms with van der Waals surface area (Å²) in [7, 11) is 0. The molecule has 5 heterocycles. The van der Waals surface area contributed by atoms with Crippen molar-refractivity contribution in [3.8, 4) is 0 Å². The van der Waals surface area contributed by atoms with Gasteiger partial charge in [0.15, 0.2) is 31.5 Å². The van der Waals surface area contributed by atoms with Crippen LogP contribution in [0.5, 0.6) is 0 Å². The predicted octanol–water partition coefficient (Wildman–Crippen LogP) is -11.9. The standard InChI is InChI=1S/C30H52O26/c31-1-6-11(34)16(39)21(44)27(51-6)49-5-10-14(37)18(41)22(45)28(54-10)48-4-9-15(38)19(42)24(26(47)50-9)55-30-25(20(43)13(36)8(3-33)53-30)56-29-23(46)17(40)12(35)7(2-32)52-29/h6-47H,1-5H2/t6-,7-,8-,9-,10-,11-,12-,13-,14-,15-,16+,17+,18+,19+,20+,21+,22+,23+,24+,25+,26+,27+,28+,29-,30-/m1/s1. The number of aliphatic hydroxyl groups is 17. The van der Waals surface area contributed by atoms with Crippen molar-refractivity contribution in [3.63, 3.8) is 0 Å². The summed E-state index contributed by atoms with van der Waals surface area (Å²) in [6, 6.07) is 0. The van der Waals surface area contributed by atoms with Gasteiger partial charge in [0, 0.05) is 0 Å². The van der Waals surface area contributed by atoms with Crippen LogP contribution in [0.3, 0.4) is 0 Å². The average Bonchev–Trinajstić information content (AvgIpc) is 3.18. The second-order valence-corrected chi connectivity index (χ2v) is 14.0. The molecular formula is C30H52O26. The van der Waals surface area contributed by atoms with Gasteiger partial charge < -0.3 is 129 Å². The molecule has 5 rings (SSSR count). The van der Waals surface area contributed by atoms with Gasteiger partial charge in [0.1, 0.15) is 122 Å². The summed E-state index contributed by atoms with van der Waals surface area (Å²) in [6.45, 7) is -3.97. The molecule has 0 aromatic rings. The molecule has 5 saturated heterocycles. The van der Waals surface area contributed by atoms with E-state index in [1.807, 2.05) is 0 Å². The van der Waals surface area contributed by atoms with Gasteiger partial charge in [0.05, 0.1) is 33.0 Å².